The topological polar surface area (TPSA) is 62.8 Å². The second kappa shape index (κ2) is 18.2. The maximum atomic E-state index is 13.3. The first-order valence-corrected chi connectivity index (χ1v) is 32.3. The van der Waals surface area contributed by atoms with Gasteiger partial charge in [-0.15, -0.1) is 0 Å². The largest absolute Gasteiger partial charge is 0.413 e. The zero-order chi connectivity index (χ0) is 40.8. The van der Waals surface area contributed by atoms with E-state index in [0.29, 0.717) is 0 Å². The first-order chi connectivity index (χ1) is 22.6. The van der Waals surface area contributed by atoms with Crippen LogP contribution in [0.25, 0.3) is 0 Å². The minimum Gasteiger partial charge on any atom is -0.413 e. The summed E-state index contributed by atoms with van der Waals surface area (Å²) in [5, 5.41) is -0.146. The summed E-state index contributed by atoms with van der Waals surface area (Å²) in [6, 6.07) is 0. The predicted molar refractivity (Wildman–Crippen MR) is 238 cm³/mol. The molecule has 0 fully saturated rings. The van der Waals surface area contributed by atoms with Crippen LogP contribution in [0, 0.1) is 0 Å². The molecule has 2 unspecified atom stereocenters. The highest BCUT2D eigenvalue weighted by atomic mass is 28.4. The van der Waals surface area contributed by atoms with Crippen molar-refractivity contribution in [3.8, 4) is 0 Å². The van der Waals surface area contributed by atoms with E-state index in [1.807, 2.05) is 0 Å². The van der Waals surface area contributed by atoms with Crippen LogP contribution in [0.4, 0.5) is 0 Å². The van der Waals surface area contributed by atoms with Gasteiger partial charge in [0, 0.05) is 24.2 Å². The Hall–Kier alpha value is -0.0825. The molecule has 304 valence electrons. The number of hydrogen-bond donors (Lipinski definition) is 2. The van der Waals surface area contributed by atoms with Crippen molar-refractivity contribution in [3.05, 3.63) is 12.7 Å². The third-order valence-corrected chi connectivity index (χ3v) is 31.8. The van der Waals surface area contributed by atoms with E-state index in [1.165, 1.54) is 6.08 Å². The third-order valence-electron chi connectivity index (χ3n) is 13.5. The smallest absolute Gasteiger partial charge is 0.245 e. The van der Waals surface area contributed by atoms with Crippen molar-refractivity contribution in [2.24, 2.45) is 0 Å². The lowest BCUT2D eigenvalue weighted by Crippen LogP contribution is -2.70. The third kappa shape index (κ3) is 13.6. The Kier molecular flexibility index (Phi) is 18.2. The maximum absolute atomic E-state index is 13.3. The van der Waals surface area contributed by atoms with Crippen LogP contribution in [-0.2, 0) is 13.6 Å². The highest BCUT2D eigenvalue weighted by Crippen LogP contribution is 2.52. The Labute approximate surface area is 324 Å². The number of hydrogen-bond acceptors (Lipinski definition) is 5. The maximum Gasteiger partial charge on any atom is 0.245 e. The van der Waals surface area contributed by atoms with Crippen molar-refractivity contribution >= 4 is 39.0 Å². The quantitative estimate of drug-likeness (QED) is 0.0798. The number of carbonyl (C=O) groups is 1. The van der Waals surface area contributed by atoms with Gasteiger partial charge in [0.1, 0.15) is 0 Å². The molecule has 2 atom stereocenters. The van der Waals surface area contributed by atoms with Gasteiger partial charge in [0.25, 0.3) is 0 Å². The van der Waals surface area contributed by atoms with E-state index in [1.54, 1.807) is 0 Å². The molecule has 0 aliphatic rings. The molecule has 51 heavy (non-hydrogen) atoms. The van der Waals surface area contributed by atoms with E-state index in [-0.39, 0.29) is 37.5 Å². The van der Waals surface area contributed by atoms with Crippen LogP contribution in [0.5, 0.6) is 0 Å². The zero-order valence-corrected chi connectivity index (χ0v) is 42.5. The predicted octanol–water partition coefficient (Wildman–Crippen LogP) is 11.9. The average molecular weight is 787 g/mol. The fourth-order valence-electron chi connectivity index (χ4n) is 8.75. The van der Waals surface area contributed by atoms with E-state index >= 15 is 0 Å². The summed E-state index contributed by atoms with van der Waals surface area (Å²) in [5.74, 6) is 0.0500. The fourth-order valence-corrected chi connectivity index (χ4v) is 24.6. The van der Waals surface area contributed by atoms with Gasteiger partial charge in [-0.1, -0.05) is 86.6 Å². The number of carbonyl (C=O) groups excluding carboxylic acids is 1. The Balaban J connectivity index is 5.99. The van der Waals surface area contributed by atoms with Gasteiger partial charge in [0.15, 0.2) is 33.1 Å². The first-order valence-electron chi connectivity index (χ1n) is 20.5. The normalized spacial score (nSPS) is 16.8. The summed E-state index contributed by atoms with van der Waals surface area (Å²) in [6.45, 7) is 57.2. The summed E-state index contributed by atoms with van der Waals surface area (Å²) < 4.78 is 14.8. The molecule has 0 heterocycles. The summed E-state index contributed by atoms with van der Waals surface area (Å²) in [4.78, 5) is 23.3. The van der Waals surface area contributed by atoms with Gasteiger partial charge in [0.05, 0.1) is 10.4 Å². The number of rotatable bonds is 23. The molecule has 0 aliphatic heterocycles. The summed E-state index contributed by atoms with van der Waals surface area (Å²) in [5.41, 5.74) is 0.0986. The molecule has 0 bridgehead atoms. The molecular weight excluding hydrogens is 695 g/mol. The molecule has 0 aliphatic carbocycles. The summed E-state index contributed by atoms with van der Waals surface area (Å²) in [6.07, 6.45) is 9.86. The number of nitrogens with one attached hydrogen (secondary N) is 2. The van der Waals surface area contributed by atoms with Crippen molar-refractivity contribution in [2.75, 3.05) is 13.1 Å². The highest BCUT2D eigenvalue weighted by Gasteiger charge is 2.54. The van der Waals surface area contributed by atoms with Gasteiger partial charge >= 0.3 is 0 Å². The zero-order valence-electron chi connectivity index (χ0n) is 38.5. The molecule has 10 heteroatoms. The Morgan fingerprint density at radius 3 is 1.43 bits per heavy atom. The minimum absolute atomic E-state index is 0.0487. The Bertz CT molecular complexity index is 1110. The van der Waals surface area contributed by atoms with Gasteiger partial charge in [-0.2, -0.15) is 0 Å². The molecular formula is C41H91N3O3Si4. The van der Waals surface area contributed by atoms with Gasteiger partial charge in [-0.05, 0) is 137 Å². The van der Waals surface area contributed by atoms with Crippen molar-refractivity contribution < 1.29 is 13.6 Å². The van der Waals surface area contributed by atoms with Crippen LogP contribution in [0.1, 0.15) is 148 Å². The minimum atomic E-state index is -2.19. The van der Waals surface area contributed by atoms with Crippen LogP contribution in [0.15, 0.2) is 12.7 Å². The molecule has 0 saturated carbocycles. The van der Waals surface area contributed by atoms with Crippen LogP contribution in [0.3, 0.4) is 0 Å². The number of amides is 1. The summed E-state index contributed by atoms with van der Waals surface area (Å²) in [7, 11) is -8.25. The molecule has 0 radical (unpaired) electrons. The Morgan fingerprint density at radius 1 is 0.627 bits per heavy atom. The first kappa shape index (κ1) is 50.9. The second-order valence-electron chi connectivity index (χ2n) is 21.0. The Morgan fingerprint density at radius 2 is 1.06 bits per heavy atom. The lowest BCUT2D eigenvalue weighted by Gasteiger charge is -2.54. The van der Waals surface area contributed by atoms with Crippen LogP contribution >= 0.6 is 0 Å². The van der Waals surface area contributed by atoms with Crippen LogP contribution < -0.4 is 9.96 Å². The van der Waals surface area contributed by atoms with Crippen LogP contribution in [-0.4, -0.2) is 78.5 Å². The molecule has 0 rings (SSSR count). The molecule has 6 nitrogen and oxygen atoms in total. The van der Waals surface area contributed by atoms with E-state index in [4.69, 9.17) is 8.85 Å². The molecule has 2 N–H and O–H groups in total. The van der Waals surface area contributed by atoms with E-state index < -0.39 is 33.1 Å². The lowest BCUT2D eigenvalue weighted by atomic mass is 9.95. The molecule has 0 aromatic rings. The molecule has 1 amide bonds. The van der Waals surface area contributed by atoms with Gasteiger partial charge in [0.2, 0.25) is 5.91 Å². The SMILES string of the molecule is C=CC(=O)N(CCCC(C)(CC)[Si](C)(C)OC(C)(C)[Si](C)(C)NC(C)(C)C)CCCC(CC)(CC)[Si](C)(C)OC(C)(CC)[Si](C)(C)NC(C)(C)C. The van der Waals surface area contributed by atoms with E-state index in [2.05, 4.69) is 171 Å². The van der Waals surface area contributed by atoms with E-state index in [0.717, 1.165) is 64.5 Å². The van der Waals surface area contributed by atoms with Crippen LogP contribution in [0.2, 0.25) is 62.5 Å². The van der Waals surface area contributed by atoms with Crippen molar-refractivity contribution in [1.82, 2.24) is 14.9 Å². The molecule has 0 aromatic heterocycles. The second-order valence-corrected chi connectivity index (χ2v) is 38.9. The van der Waals surface area contributed by atoms with Gasteiger partial charge in [-0.3, -0.25) is 4.79 Å². The van der Waals surface area contributed by atoms with Gasteiger partial charge in [-0.25, -0.2) is 0 Å². The monoisotopic (exact) mass is 786 g/mol. The molecule has 0 spiro atoms. The number of nitrogens with zero attached hydrogens (tertiary/aromatic N) is 1. The van der Waals surface area contributed by atoms with Gasteiger partial charge < -0.3 is 23.7 Å². The van der Waals surface area contributed by atoms with Crippen molar-refractivity contribution in [2.45, 2.75) is 232 Å². The van der Waals surface area contributed by atoms with Crippen molar-refractivity contribution in [3.63, 3.8) is 0 Å². The lowest BCUT2D eigenvalue weighted by molar-refractivity contribution is -0.126. The molecule has 0 aromatic carbocycles. The standard InChI is InChI=1S/C41H91N3O3Si4/c1-24-35(45)44(33-29-31-39(14,25-2)50(20,21)46-38(12,13)48(16,17)42-36(6,7)8)34-30-32-41(27-4,28-5)51(22,23)47-40(15,26-3)49(18,19)43-37(9,10)11/h24,42-43H,1,25-34H2,2-23H3. The summed E-state index contributed by atoms with van der Waals surface area (Å²) >= 11 is 0. The van der Waals surface area contributed by atoms with E-state index in [9.17, 15) is 4.79 Å². The fraction of sp³-hybridized carbons (Fsp3) is 0.927. The average Bonchev–Trinajstić information content (AvgIpc) is 2.94. The molecule has 0 saturated heterocycles. The highest BCUT2D eigenvalue weighted by molar-refractivity contribution is 6.81. The van der Waals surface area contributed by atoms with Crippen molar-refractivity contribution in [1.29, 1.82) is 0 Å².